The van der Waals surface area contributed by atoms with Crippen molar-refractivity contribution >= 4 is 34.8 Å². The Morgan fingerprint density at radius 3 is 2.62 bits per heavy atom. The number of nitrogens with one attached hydrogen (secondary N) is 1. The number of amides is 1. The SMILES string of the molecule is O=C(Nc1ccc(Cl)c(Cl)c1)[C@@H]1[C@@H](O)[C@H]2CC2[C@H]2C(c3cncnc3)[C@H]21. The average molecular weight is 390 g/mol. The predicted molar refractivity (Wildman–Crippen MR) is 97.9 cm³/mol. The second-order valence-electron chi connectivity index (χ2n) is 7.55. The first-order valence-electron chi connectivity index (χ1n) is 8.75. The molecule has 5 rings (SSSR count). The number of hydrogen-bond donors (Lipinski definition) is 2. The van der Waals surface area contributed by atoms with Gasteiger partial charge in [0.1, 0.15) is 6.33 Å². The van der Waals surface area contributed by atoms with Crippen LogP contribution in [0.2, 0.25) is 10.0 Å². The van der Waals surface area contributed by atoms with Gasteiger partial charge in [0.05, 0.1) is 22.1 Å². The summed E-state index contributed by atoms with van der Waals surface area (Å²) < 4.78 is 0. The highest BCUT2D eigenvalue weighted by molar-refractivity contribution is 6.42. The quantitative estimate of drug-likeness (QED) is 0.843. The maximum Gasteiger partial charge on any atom is 0.230 e. The van der Waals surface area contributed by atoms with Crippen molar-refractivity contribution in [2.24, 2.45) is 29.6 Å². The van der Waals surface area contributed by atoms with E-state index in [-0.39, 0.29) is 23.7 Å². The van der Waals surface area contributed by atoms with Crippen molar-refractivity contribution in [1.29, 1.82) is 0 Å². The number of fused-ring (bicyclic) bond motifs is 3. The molecule has 134 valence electrons. The molecule has 3 aliphatic carbocycles. The van der Waals surface area contributed by atoms with Gasteiger partial charge in [0.15, 0.2) is 0 Å². The molecule has 3 fully saturated rings. The first-order chi connectivity index (χ1) is 12.6. The number of aromatic nitrogens is 2. The van der Waals surface area contributed by atoms with Crippen molar-refractivity contribution in [2.75, 3.05) is 5.32 Å². The van der Waals surface area contributed by atoms with E-state index in [1.54, 1.807) is 18.2 Å². The molecule has 7 heteroatoms. The van der Waals surface area contributed by atoms with Crippen LogP contribution in [0, 0.1) is 29.6 Å². The van der Waals surface area contributed by atoms with E-state index < -0.39 is 12.0 Å². The lowest BCUT2D eigenvalue weighted by Gasteiger charge is -2.26. The van der Waals surface area contributed by atoms with Crippen LogP contribution >= 0.6 is 23.2 Å². The summed E-state index contributed by atoms with van der Waals surface area (Å²) in [6, 6.07) is 5.00. The van der Waals surface area contributed by atoms with Gasteiger partial charge in [0.2, 0.25) is 5.91 Å². The van der Waals surface area contributed by atoms with Crippen molar-refractivity contribution in [3.05, 3.63) is 52.5 Å². The molecule has 26 heavy (non-hydrogen) atoms. The normalized spacial score (nSPS) is 36.7. The van der Waals surface area contributed by atoms with Gasteiger partial charge in [-0.15, -0.1) is 0 Å². The summed E-state index contributed by atoms with van der Waals surface area (Å²) in [4.78, 5) is 21.2. The molecule has 0 radical (unpaired) electrons. The number of halogens is 2. The Hall–Kier alpha value is -1.69. The highest BCUT2D eigenvalue weighted by Crippen LogP contribution is 2.73. The smallest absolute Gasteiger partial charge is 0.230 e. The largest absolute Gasteiger partial charge is 0.392 e. The molecular formula is C19H17Cl2N3O2. The number of hydrogen-bond acceptors (Lipinski definition) is 4. The molecule has 5 nitrogen and oxygen atoms in total. The van der Waals surface area contributed by atoms with Crippen LogP contribution in [-0.2, 0) is 4.79 Å². The summed E-state index contributed by atoms with van der Waals surface area (Å²) in [6.45, 7) is 0. The number of aliphatic hydroxyl groups is 1. The monoisotopic (exact) mass is 389 g/mol. The summed E-state index contributed by atoms with van der Waals surface area (Å²) in [6.07, 6.45) is 5.57. The molecule has 2 unspecified atom stereocenters. The molecule has 3 saturated carbocycles. The van der Waals surface area contributed by atoms with Gasteiger partial charge in [0.25, 0.3) is 0 Å². The van der Waals surface area contributed by atoms with Crippen molar-refractivity contribution in [1.82, 2.24) is 9.97 Å². The maximum atomic E-state index is 13.0. The van der Waals surface area contributed by atoms with Crippen LogP contribution in [0.4, 0.5) is 5.69 Å². The van der Waals surface area contributed by atoms with E-state index in [1.165, 1.54) is 6.33 Å². The van der Waals surface area contributed by atoms with Gasteiger partial charge in [-0.25, -0.2) is 9.97 Å². The van der Waals surface area contributed by atoms with E-state index >= 15 is 0 Å². The molecule has 0 spiro atoms. The minimum absolute atomic E-state index is 0.141. The molecule has 0 saturated heterocycles. The molecule has 2 N–H and O–H groups in total. The van der Waals surface area contributed by atoms with Crippen LogP contribution < -0.4 is 5.32 Å². The number of anilines is 1. The zero-order valence-electron chi connectivity index (χ0n) is 13.7. The van der Waals surface area contributed by atoms with E-state index in [1.807, 2.05) is 12.4 Å². The van der Waals surface area contributed by atoms with Crippen molar-refractivity contribution in [2.45, 2.75) is 18.4 Å². The van der Waals surface area contributed by atoms with Gasteiger partial charge in [0, 0.05) is 18.1 Å². The molecule has 1 amide bonds. The van der Waals surface area contributed by atoms with Gasteiger partial charge in [-0.2, -0.15) is 0 Å². The van der Waals surface area contributed by atoms with Gasteiger partial charge in [-0.3, -0.25) is 4.79 Å². The fourth-order valence-electron chi connectivity index (χ4n) is 5.00. The summed E-state index contributed by atoms with van der Waals surface area (Å²) >= 11 is 12.0. The van der Waals surface area contributed by atoms with Crippen LogP contribution in [-0.4, -0.2) is 27.1 Å². The topological polar surface area (TPSA) is 75.1 Å². The van der Waals surface area contributed by atoms with E-state index in [0.717, 1.165) is 12.0 Å². The Balaban J connectivity index is 1.40. The highest BCUT2D eigenvalue weighted by atomic mass is 35.5. The standard InChI is InChI=1S/C19H17Cl2N3O2/c20-12-2-1-9(3-13(12)21)24-19(26)17-16-14(8-5-22-7-23-6-8)15(16)10-4-11(10)18(17)25/h1-3,5-7,10-11,14-18,25H,4H2,(H,24,26)/t10?,11-,14?,15-,16+,17-,18-/m0/s1. The van der Waals surface area contributed by atoms with E-state index in [4.69, 9.17) is 23.2 Å². The Kier molecular flexibility index (Phi) is 3.75. The fourth-order valence-corrected chi connectivity index (χ4v) is 5.29. The van der Waals surface area contributed by atoms with Crippen LogP contribution in [0.1, 0.15) is 17.9 Å². The third kappa shape index (κ3) is 2.53. The molecule has 7 atom stereocenters. The van der Waals surface area contributed by atoms with Gasteiger partial charge in [-0.05, 0) is 59.8 Å². The molecular weight excluding hydrogens is 373 g/mol. The summed E-state index contributed by atoms with van der Waals surface area (Å²) in [5.41, 5.74) is 1.65. The number of carbonyl (C=O) groups is 1. The first-order valence-corrected chi connectivity index (χ1v) is 9.50. The summed E-state index contributed by atoms with van der Waals surface area (Å²) in [5.74, 6) is 1.01. The zero-order chi connectivity index (χ0) is 18.0. The molecule has 1 aromatic carbocycles. The molecule has 2 aromatic rings. The lowest BCUT2D eigenvalue weighted by molar-refractivity contribution is -0.126. The Bertz CT molecular complexity index is 878. The maximum absolute atomic E-state index is 13.0. The minimum atomic E-state index is -0.598. The number of carbonyl (C=O) groups excluding carboxylic acids is 1. The molecule has 0 bridgehead atoms. The van der Waals surface area contributed by atoms with Crippen molar-refractivity contribution in [3.63, 3.8) is 0 Å². The number of nitrogens with zero attached hydrogens (tertiary/aromatic N) is 2. The fraction of sp³-hybridized carbons (Fsp3) is 0.421. The molecule has 1 aromatic heterocycles. The summed E-state index contributed by atoms with van der Waals surface area (Å²) in [5, 5.41) is 14.5. The van der Waals surface area contributed by atoms with Crippen LogP contribution in [0.3, 0.4) is 0 Å². The Morgan fingerprint density at radius 2 is 1.88 bits per heavy atom. The zero-order valence-corrected chi connectivity index (χ0v) is 15.2. The number of rotatable bonds is 3. The molecule has 3 aliphatic rings. The van der Waals surface area contributed by atoms with Crippen LogP contribution in [0.25, 0.3) is 0 Å². The minimum Gasteiger partial charge on any atom is -0.392 e. The van der Waals surface area contributed by atoms with E-state index in [9.17, 15) is 9.90 Å². The first kappa shape index (κ1) is 16.5. The average Bonchev–Trinajstić information content (AvgIpc) is 3.51. The molecule has 0 aliphatic heterocycles. The third-order valence-electron chi connectivity index (χ3n) is 6.20. The van der Waals surface area contributed by atoms with Crippen LogP contribution in [0.5, 0.6) is 0 Å². The van der Waals surface area contributed by atoms with E-state index in [0.29, 0.717) is 27.6 Å². The Morgan fingerprint density at radius 1 is 1.12 bits per heavy atom. The van der Waals surface area contributed by atoms with Crippen molar-refractivity contribution < 1.29 is 9.90 Å². The van der Waals surface area contributed by atoms with Gasteiger partial charge < -0.3 is 10.4 Å². The lowest BCUT2D eigenvalue weighted by atomic mass is 9.85. The molecule has 1 heterocycles. The Labute approximate surface area is 160 Å². The van der Waals surface area contributed by atoms with Gasteiger partial charge in [-0.1, -0.05) is 23.2 Å². The van der Waals surface area contributed by atoms with Crippen LogP contribution in [0.15, 0.2) is 36.9 Å². The van der Waals surface area contributed by atoms with Crippen molar-refractivity contribution in [3.8, 4) is 0 Å². The number of aliphatic hydroxyl groups excluding tert-OH is 1. The van der Waals surface area contributed by atoms with Gasteiger partial charge >= 0.3 is 0 Å². The predicted octanol–water partition coefficient (Wildman–Crippen LogP) is 3.38. The second kappa shape index (κ2) is 5.91. The summed E-state index contributed by atoms with van der Waals surface area (Å²) in [7, 11) is 0. The highest BCUT2D eigenvalue weighted by Gasteiger charge is 2.72. The van der Waals surface area contributed by atoms with E-state index in [2.05, 4.69) is 15.3 Å². The lowest BCUT2D eigenvalue weighted by Crippen LogP contribution is -2.39. The third-order valence-corrected chi connectivity index (χ3v) is 6.93. The second-order valence-corrected chi connectivity index (χ2v) is 8.36. The number of benzene rings is 1.